The fraction of sp³-hybridized carbons (Fsp3) is 0.188. The highest BCUT2D eigenvalue weighted by Gasteiger charge is 2.09. The van der Waals surface area contributed by atoms with E-state index in [2.05, 4.69) is 36.6 Å². The summed E-state index contributed by atoms with van der Waals surface area (Å²) in [5, 5.41) is 7.77. The molecule has 0 aliphatic heterocycles. The molecule has 0 aromatic heterocycles. The van der Waals surface area contributed by atoms with Crippen LogP contribution in [-0.4, -0.2) is 5.11 Å². The van der Waals surface area contributed by atoms with Gasteiger partial charge in [-0.1, -0.05) is 54.4 Å². The van der Waals surface area contributed by atoms with Crippen molar-refractivity contribution in [1.29, 1.82) is 0 Å². The van der Waals surface area contributed by atoms with Crippen molar-refractivity contribution in [2.75, 3.05) is 10.6 Å². The van der Waals surface area contributed by atoms with Crippen LogP contribution in [0.15, 0.2) is 36.4 Å². The van der Waals surface area contributed by atoms with E-state index < -0.39 is 0 Å². The van der Waals surface area contributed by atoms with Crippen molar-refractivity contribution in [3.63, 3.8) is 0 Å². The second kappa shape index (κ2) is 7.12. The van der Waals surface area contributed by atoms with E-state index in [-0.39, 0.29) is 0 Å². The molecule has 2 N–H and O–H groups in total. The van der Waals surface area contributed by atoms with E-state index in [1.54, 1.807) is 6.07 Å². The van der Waals surface area contributed by atoms with Gasteiger partial charge in [0.1, 0.15) is 0 Å². The van der Waals surface area contributed by atoms with E-state index >= 15 is 0 Å². The third-order valence-electron chi connectivity index (χ3n) is 3.18. The Labute approximate surface area is 140 Å². The van der Waals surface area contributed by atoms with E-state index in [0.29, 0.717) is 20.8 Å². The molecule has 0 heterocycles. The number of para-hydroxylation sites is 1. The molecule has 5 heteroatoms. The predicted molar refractivity (Wildman–Crippen MR) is 96.9 cm³/mol. The molecule has 0 unspecified atom stereocenters. The minimum atomic E-state index is 0.462. The van der Waals surface area contributed by atoms with Gasteiger partial charge in [-0.15, -0.1) is 0 Å². The lowest BCUT2D eigenvalue weighted by molar-refractivity contribution is 1.13. The molecule has 0 radical (unpaired) electrons. The second-order valence-electron chi connectivity index (χ2n) is 4.64. The normalized spacial score (nSPS) is 10.3. The van der Waals surface area contributed by atoms with Crippen LogP contribution in [0.5, 0.6) is 0 Å². The maximum atomic E-state index is 6.15. The van der Waals surface area contributed by atoms with Gasteiger partial charge in [0.25, 0.3) is 0 Å². The molecule has 110 valence electrons. The number of hydrogen-bond donors (Lipinski definition) is 2. The van der Waals surface area contributed by atoms with Gasteiger partial charge in [0.05, 0.1) is 15.7 Å². The van der Waals surface area contributed by atoms with Gasteiger partial charge >= 0.3 is 0 Å². The molecular formula is C16H16Cl2N2S. The van der Waals surface area contributed by atoms with Crippen LogP contribution in [-0.2, 0) is 6.42 Å². The van der Waals surface area contributed by atoms with Gasteiger partial charge in [0, 0.05) is 5.69 Å². The maximum absolute atomic E-state index is 6.15. The molecule has 0 bridgehead atoms. The Hall–Kier alpha value is -1.29. The average molecular weight is 339 g/mol. The Bertz CT molecular complexity index is 671. The second-order valence-corrected chi connectivity index (χ2v) is 5.84. The molecule has 2 rings (SSSR count). The number of halogens is 2. The SMILES string of the molecule is CCc1cccc(C)c1NC(=S)Nc1cccc(Cl)c1Cl. The van der Waals surface area contributed by atoms with Crippen molar-refractivity contribution in [1.82, 2.24) is 0 Å². The van der Waals surface area contributed by atoms with Crippen LogP contribution in [0.1, 0.15) is 18.1 Å². The zero-order chi connectivity index (χ0) is 15.4. The maximum Gasteiger partial charge on any atom is 0.175 e. The van der Waals surface area contributed by atoms with Gasteiger partial charge < -0.3 is 10.6 Å². The highest BCUT2D eigenvalue weighted by Crippen LogP contribution is 2.30. The minimum absolute atomic E-state index is 0.462. The van der Waals surface area contributed by atoms with Crippen LogP contribution in [0, 0.1) is 6.92 Å². The van der Waals surface area contributed by atoms with Crippen LogP contribution in [0.3, 0.4) is 0 Å². The first-order valence-electron chi connectivity index (χ1n) is 6.63. The van der Waals surface area contributed by atoms with Crippen LogP contribution in [0.2, 0.25) is 10.0 Å². The number of benzene rings is 2. The van der Waals surface area contributed by atoms with E-state index in [9.17, 15) is 0 Å². The first kappa shape index (κ1) is 16.1. The van der Waals surface area contributed by atoms with Gasteiger partial charge in [-0.25, -0.2) is 0 Å². The average Bonchev–Trinajstić information content (AvgIpc) is 2.46. The lowest BCUT2D eigenvalue weighted by atomic mass is 10.1. The molecule has 2 nitrogen and oxygen atoms in total. The minimum Gasteiger partial charge on any atom is -0.332 e. The number of hydrogen-bond acceptors (Lipinski definition) is 1. The highest BCUT2D eigenvalue weighted by atomic mass is 35.5. The van der Waals surface area contributed by atoms with Crippen molar-refractivity contribution in [3.05, 3.63) is 57.6 Å². The summed E-state index contributed by atoms with van der Waals surface area (Å²) in [6, 6.07) is 11.6. The molecule has 21 heavy (non-hydrogen) atoms. The largest absolute Gasteiger partial charge is 0.332 e. The Balaban J connectivity index is 2.18. The Kier molecular flexibility index (Phi) is 5.45. The zero-order valence-corrected chi connectivity index (χ0v) is 14.2. The van der Waals surface area contributed by atoms with Crippen molar-refractivity contribution >= 4 is 51.9 Å². The number of thiocarbonyl (C=S) groups is 1. The molecule has 0 fully saturated rings. The monoisotopic (exact) mass is 338 g/mol. The molecule has 0 saturated carbocycles. The van der Waals surface area contributed by atoms with Gasteiger partial charge in [-0.2, -0.15) is 0 Å². The summed E-state index contributed by atoms with van der Waals surface area (Å²) in [5.41, 5.74) is 4.09. The van der Waals surface area contributed by atoms with E-state index in [0.717, 1.165) is 17.7 Å². The summed E-state index contributed by atoms with van der Waals surface area (Å²) in [4.78, 5) is 0. The molecular weight excluding hydrogens is 323 g/mol. The first-order chi connectivity index (χ1) is 10.0. The molecule has 0 aliphatic rings. The van der Waals surface area contributed by atoms with Crippen LogP contribution >= 0.6 is 35.4 Å². The standard InChI is InChI=1S/C16H16Cl2N2S/c1-3-11-7-4-6-10(2)15(11)20-16(21)19-13-9-5-8-12(17)14(13)18/h4-9H,3H2,1-2H3,(H2,19,20,21). The van der Waals surface area contributed by atoms with Crippen molar-refractivity contribution < 1.29 is 0 Å². The van der Waals surface area contributed by atoms with Gasteiger partial charge in [-0.05, 0) is 48.8 Å². The van der Waals surface area contributed by atoms with Crippen LogP contribution < -0.4 is 10.6 Å². The zero-order valence-electron chi connectivity index (χ0n) is 11.8. The molecule has 2 aromatic carbocycles. The fourth-order valence-electron chi connectivity index (χ4n) is 2.07. The van der Waals surface area contributed by atoms with Crippen molar-refractivity contribution in [2.24, 2.45) is 0 Å². The summed E-state index contributed by atoms with van der Waals surface area (Å²) in [6.07, 6.45) is 0.935. The summed E-state index contributed by atoms with van der Waals surface area (Å²) < 4.78 is 0. The van der Waals surface area contributed by atoms with Gasteiger partial charge in [0.15, 0.2) is 5.11 Å². The van der Waals surface area contributed by atoms with E-state index in [1.807, 2.05) is 18.2 Å². The third-order valence-corrected chi connectivity index (χ3v) is 4.20. The molecule has 2 aromatic rings. The van der Waals surface area contributed by atoms with E-state index in [1.165, 1.54) is 5.56 Å². The lowest BCUT2D eigenvalue weighted by Gasteiger charge is -2.16. The van der Waals surface area contributed by atoms with Crippen molar-refractivity contribution in [2.45, 2.75) is 20.3 Å². The number of anilines is 2. The Morgan fingerprint density at radius 1 is 1.10 bits per heavy atom. The van der Waals surface area contributed by atoms with E-state index in [4.69, 9.17) is 35.4 Å². The third kappa shape index (κ3) is 3.88. The summed E-state index contributed by atoms with van der Waals surface area (Å²) in [5.74, 6) is 0. The van der Waals surface area contributed by atoms with Gasteiger partial charge in [-0.3, -0.25) is 0 Å². The highest BCUT2D eigenvalue weighted by molar-refractivity contribution is 7.80. The van der Waals surface area contributed by atoms with Crippen molar-refractivity contribution in [3.8, 4) is 0 Å². The topological polar surface area (TPSA) is 24.1 Å². The Morgan fingerprint density at radius 2 is 1.81 bits per heavy atom. The van der Waals surface area contributed by atoms with Gasteiger partial charge in [0.2, 0.25) is 0 Å². The molecule has 0 spiro atoms. The number of aryl methyl sites for hydroxylation is 2. The Morgan fingerprint density at radius 3 is 2.52 bits per heavy atom. The summed E-state index contributed by atoms with van der Waals surface area (Å²) >= 11 is 17.5. The van der Waals surface area contributed by atoms with Crippen LogP contribution in [0.25, 0.3) is 0 Å². The predicted octanol–water partition coefficient (Wildman–Crippen LogP) is 5.67. The first-order valence-corrected chi connectivity index (χ1v) is 7.79. The summed E-state index contributed by atoms with van der Waals surface area (Å²) in [7, 11) is 0. The number of rotatable bonds is 3. The molecule has 0 amide bonds. The lowest BCUT2D eigenvalue weighted by Crippen LogP contribution is -2.20. The molecule has 0 atom stereocenters. The quantitative estimate of drug-likeness (QED) is 0.704. The molecule has 0 saturated heterocycles. The summed E-state index contributed by atoms with van der Waals surface area (Å²) in [6.45, 7) is 4.17. The van der Waals surface area contributed by atoms with Crippen LogP contribution in [0.4, 0.5) is 11.4 Å². The molecule has 0 aliphatic carbocycles. The smallest absolute Gasteiger partial charge is 0.175 e. The number of nitrogens with one attached hydrogen (secondary N) is 2. The fourth-order valence-corrected chi connectivity index (χ4v) is 2.63.